The summed E-state index contributed by atoms with van der Waals surface area (Å²) >= 11 is 1.31. The number of thioether (sulfide) groups is 1. The predicted octanol–water partition coefficient (Wildman–Crippen LogP) is 4.06. The molecule has 4 rings (SSSR count). The van der Waals surface area contributed by atoms with Crippen LogP contribution in [0.3, 0.4) is 0 Å². The number of benzene rings is 2. The molecule has 0 spiro atoms. The lowest BCUT2D eigenvalue weighted by molar-refractivity contribution is 0.126. The summed E-state index contributed by atoms with van der Waals surface area (Å²) < 4.78 is 11.3. The third kappa shape index (κ3) is 4.15. The van der Waals surface area contributed by atoms with Crippen LogP contribution < -0.4 is 4.74 Å². The van der Waals surface area contributed by atoms with Crippen LogP contribution in [0.4, 0.5) is 0 Å². The molecule has 0 saturated heterocycles. The highest BCUT2D eigenvalue weighted by atomic mass is 32.2. The zero-order chi connectivity index (χ0) is 18.6. The van der Waals surface area contributed by atoms with E-state index in [1.54, 1.807) is 0 Å². The number of ether oxygens (including phenoxy) is 1. The topological polar surface area (TPSA) is 84.2 Å². The van der Waals surface area contributed by atoms with Crippen LogP contribution in [0.15, 0.2) is 64.4 Å². The molecule has 0 saturated carbocycles. The van der Waals surface area contributed by atoms with E-state index in [-0.39, 0.29) is 6.61 Å². The fourth-order valence-corrected chi connectivity index (χ4v) is 3.41. The van der Waals surface area contributed by atoms with Gasteiger partial charge in [-0.3, -0.25) is 0 Å². The summed E-state index contributed by atoms with van der Waals surface area (Å²) in [5, 5.41) is 19.8. The van der Waals surface area contributed by atoms with Gasteiger partial charge >= 0.3 is 0 Å². The van der Waals surface area contributed by atoms with Crippen molar-refractivity contribution >= 4 is 22.7 Å². The van der Waals surface area contributed by atoms with E-state index in [0.717, 1.165) is 27.8 Å². The van der Waals surface area contributed by atoms with Gasteiger partial charge in [-0.05, 0) is 30.7 Å². The van der Waals surface area contributed by atoms with Crippen molar-refractivity contribution in [2.75, 3.05) is 12.4 Å². The van der Waals surface area contributed by atoms with Crippen LogP contribution in [-0.2, 0) is 0 Å². The number of hydrogen-bond acceptors (Lipinski definition) is 6. The number of aliphatic hydroxyl groups excluding tert-OH is 1. The zero-order valence-corrected chi connectivity index (χ0v) is 15.6. The molecule has 6 nitrogen and oxygen atoms in total. The lowest BCUT2D eigenvalue weighted by atomic mass is 10.2. The summed E-state index contributed by atoms with van der Waals surface area (Å²) in [5.41, 5.74) is 3.00. The molecule has 0 amide bonds. The van der Waals surface area contributed by atoms with Gasteiger partial charge in [-0.15, -0.1) is 10.2 Å². The maximum absolute atomic E-state index is 10.1. The molecule has 138 valence electrons. The summed E-state index contributed by atoms with van der Waals surface area (Å²) in [6.45, 7) is 2.21. The molecule has 2 heterocycles. The van der Waals surface area contributed by atoms with Gasteiger partial charge in [0.15, 0.2) is 0 Å². The Morgan fingerprint density at radius 1 is 1.19 bits per heavy atom. The maximum atomic E-state index is 10.1. The predicted molar refractivity (Wildman–Crippen MR) is 105 cm³/mol. The van der Waals surface area contributed by atoms with E-state index in [4.69, 9.17) is 9.15 Å². The highest BCUT2D eigenvalue weighted by Gasteiger charge is 2.15. The van der Waals surface area contributed by atoms with E-state index in [1.165, 1.54) is 11.8 Å². The number of nitrogens with one attached hydrogen (secondary N) is 1. The first-order valence-electron chi connectivity index (χ1n) is 8.59. The number of H-pyrrole nitrogens is 1. The first-order chi connectivity index (χ1) is 13.2. The second-order valence-corrected chi connectivity index (χ2v) is 7.18. The number of para-hydroxylation sites is 1. The third-order valence-corrected chi connectivity index (χ3v) is 5.02. The molecule has 0 aliphatic carbocycles. The SMILES string of the molecule is Cc1cccc(OC[C@H](O)CSc2nnc(-c3c[nH]c4ccccc34)o2)c1. The second kappa shape index (κ2) is 7.85. The van der Waals surface area contributed by atoms with Gasteiger partial charge < -0.3 is 19.2 Å². The van der Waals surface area contributed by atoms with Crippen molar-refractivity contribution < 1.29 is 14.3 Å². The van der Waals surface area contributed by atoms with Gasteiger partial charge in [-0.25, -0.2) is 0 Å². The minimum atomic E-state index is -0.640. The van der Waals surface area contributed by atoms with E-state index in [2.05, 4.69) is 15.2 Å². The Balaban J connectivity index is 1.34. The first kappa shape index (κ1) is 17.6. The van der Waals surface area contributed by atoms with E-state index >= 15 is 0 Å². The van der Waals surface area contributed by atoms with Crippen LogP contribution in [0, 0.1) is 6.92 Å². The Hall–Kier alpha value is -2.77. The number of rotatable bonds is 7. The molecule has 2 aromatic carbocycles. The number of aryl methyl sites for hydroxylation is 1. The maximum Gasteiger partial charge on any atom is 0.276 e. The summed E-state index contributed by atoms with van der Waals surface area (Å²) in [4.78, 5) is 3.19. The van der Waals surface area contributed by atoms with Crippen LogP contribution in [0.25, 0.3) is 22.4 Å². The molecule has 2 N–H and O–H groups in total. The van der Waals surface area contributed by atoms with Crippen molar-refractivity contribution in [3.63, 3.8) is 0 Å². The number of aromatic nitrogens is 3. The fourth-order valence-electron chi connectivity index (χ4n) is 2.74. The van der Waals surface area contributed by atoms with Crippen molar-refractivity contribution in [3.05, 3.63) is 60.3 Å². The molecular weight excluding hydrogens is 362 g/mol. The average molecular weight is 381 g/mol. The molecule has 7 heteroatoms. The van der Waals surface area contributed by atoms with Crippen LogP contribution in [0.1, 0.15) is 5.56 Å². The summed E-state index contributed by atoms with van der Waals surface area (Å²) in [5.74, 6) is 1.61. The summed E-state index contributed by atoms with van der Waals surface area (Å²) in [6.07, 6.45) is 1.22. The van der Waals surface area contributed by atoms with Crippen LogP contribution in [0.5, 0.6) is 5.75 Å². The van der Waals surface area contributed by atoms with E-state index in [9.17, 15) is 5.11 Å². The minimum absolute atomic E-state index is 0.208. The molecule has 0 aliphatic rings. The van der Waals surface area contributed by atoms with Gasteiger partial charge in [0.05, 0.1) is 11.7 Å². The number of aliphatic hydroxyl groups is 1. The molecule has 0 bridgehead atoms. The van der Waals surface area contributed by atoms with Gasteiger partial charge in [-0.1, -0.05) is 42.1 Å². The average Bonchev–Trinajstić information content (AvgIpc) is 3.31. The van der Waals surface area contributed by atoms with Crippen molar-refractivity contribution in [1.29, 1.82) is 0 Å². The lowest BCUT2D eigenvalue weighted by Gasteiger charge is -2.11. The molecule has 0 aliphatic heterocycles. The van der Waals surface area contributed by atoms with Crippen molar-refractivity contribution in [2.45, 2.75) is 18.3 Å². The molecule has 27 heavy (non-hydrogen) atoms. The van der Waals surface area contributed by atoms with Gasteiger partial charge in [0.1, 0.15) is 12.4 Å². The normalized spacial score (nSPS) is 12.4. The van der Waals surface area contributed by atoms with E-state index in [0.29, 0.717) is 16.9 Å². The lowest BCUT2D eigenvalue weighted by Crippen LogP contribution is -2.20. The third-order valence-electron chi connectivity index (χ3n) is 4.06. The molecular formula is C20H19N3O3S. The Morgan fingerprint density at radius 3 is 2.96 bits per heavy atom. The minimum Gasteiger partial charge on any atom is -0.491 e. The van der Waals surface area contributed by atoms with Crippen molar-refractivity contribution in [2.24, 2.45) is 0 Å². The highest BCUT2D eigenvalue weighted by Crippen LogP contribution is 2.29. The smallest absolute Gasteiger partial charge is 0.276 e. The zero-order valence-electron chi connectivity index (χ0n) is 14.8. The van der Waals surface area contributed by atoms with Gasteiger partial charge in [0, 0.05) is 22.9 Å². The van der Waals surface area contributed by atoms with Gasteiger partial charge in [-0.2, -0.15) is 0 Å². The fraction of sp³-hybridized carbons (Fsp3) is 0.200. The Kier molecular flexibility index (Phi) is 5.13. The summed E-state index contributed by atoms with van der Waals surface area (Å²) in [7, 11) is 0. The molecule has 2 aromatic heterocycles. The van der Waals surface area contributed by atoms with E-state index in [1.807, 2.05) is 61.7 Å². The largest absolute Gasteiger partial charge is 0.491 e. The molecule has 0 unspecified atom stereocenters. The van der Waals surface area contributed by atoms with Crippen molar-refractivity contribution in [1.82, 2.24) is 15.2 Å². The first-order valence-corrected chi connectivity index (χ1v) is 9.58. The number of fused-ring (bicyclic) bond motifs is 1. The monoisotopic (exact) mass is 381 g/mol. The van der Waals surface area contributed by atoms with Gasteiger partial charge in [0.25, 0.3) is 11.1 Å². The van der Waals surface area contributed by atoms with Crippen LogP contribution in [0.2, 0.25) is 0 Å². The molecule has 1 atom stereocenters. The highest BCUT2D eigenvalue weighted by molar-refractivity contribution is 7.99. The van der Waals surface area contributed by atoms with Crippen LogP contribution in [-0.4, -0.2) is 38.8 Å². The number of aromatic amines is 1. The molecule has 0 radical (unpaired) electrons. The molecule has 0 fully saturated rings. The van der Waals surface area contributed by atoms with Crippen molar-refractivity contribution in [3.8, 4) is 17.2 Å². The number of nitrogens with zero attached hydrogens (tertiary/aromatic N) is 2. The standard InChI is InChI=1S/C20H19N3O3S/c1-13-5-4-6-15(9-13)25-11-14(24)12-27-20-23-22-19(26-20)17-10-21-18-8-3-2-7-16(17)18/h2-10,14,21,24H,11-12H2,1H3/t14-/m0/s1. The van der Waals surface area contributed by atoms with Gasteiger partial charge in [0.2, 0.25) is 0 Å². The molecule has 4 aromatic rings. The quantitative estimate of drug-likeness (QED) is 0.470. The van der Waals surface area contributed by atoms with E-state index < -0.39 is 6.10 Å². The number of hydrogen-bond donors (Lipinski definition) is 2. The Bertz CT molecular complexity index is 1040. The second-order valence-electron chi connectivity index (χ2n) is 6.21. The Labute approximate surface area is 160 Å². The Morgan fingerprint density at radius 2 is 2.07 bits per heavy atom. The summed E-state index contributed by atoms with van der Waals surface area (Å²) in [6, 6.07) is 15.7. The van der Waals surface area contributed by atoms with Crippen LogP contribution >= 0.6 is 11.8 Å².